The Kier molecular flexibility index (Phi) is 5.63. The van der Waals surface area contributed by atoms with Crippen LogP contribution in [0.5, 0.6) is 0 Å². The first-order chi connectivity index (χ1) is 11.5. The highest BCUT2D eigenvalue weighted by Crippen LogP contribution is 2.24. The molecule has 1 aromatic heterocycles. The van der Waals surface area contributed by atoms with Crippen molar-refractivity contribution in [2.75, 3.05) is 0 Å². The van der Waals surface area contributed by atoms with E-state index in [4.69, 9.17) is 16.0 Å². The zero-order chi connectivity index (χ0) is 17.5. The van der Waals surface area contributed by atoms with Gasteiger partial charge in [0.2, 0.25) is 0 Å². The largest absolute Gasteiger partial charge is 0.467 e. The van der Waals surface area contributed by atoms with Crippen LogP contribution < -0.4 is 10.7 Å². The molecule has 0 radical (unpaired) electrons. The van der Waals surface area contributed by atoms with Gasteiger partial charge in [0, 0.05) is 11.6 Å². The third kappa shape index (κ3) is 4.65. The minimum atomic E-state index is -0.985. The first kappa shape index (κ1) is 17.2. The van der Waals surface area contributed by atoms with Crippen molar-refractivity contribution in [2.24, 2.45) is 5.10 Å². The third-order valence-corrected chi connectivity index (χ3v) is 3.08. The Morgan fingerprint density at radius 3 is 2.79 bits per heavy atom. The molecule has 0 atom stereocenters. The lowest BCUT2D eigenvalue weighted by Gasteiger charge is -2.01. The normalized spacial score (nSPS) is 10.5. The van der Waals surface area contributed by atoms with E-state index < -0.39 is 16.7 Å². The fraction of sp³-hybridized carbons (Fsp3) is 0.0714. The number of hydrazone groups is 1. The molecule has 124 valence electrons. The highest BCUT2D eigenvalue weighted by molar-refractivity contribution is 6.35. The van der Waals surface area contributed by atoms with E-state index >= 15 is 0 Å². The van der Waals surface area contributed by atoms with Crippen molar-refractivity contribution < 1.29 is 18.9 Å². The van der Waals surface area contributed by atoms with Crippen LogP contribution in [0.3, 0.4) is 0 Å². The van der Waals surface area contributed by atoms with Crippen LogP contribution in [0.2, 0.25) is 5.02 Å². The van der Waals surface area contributed by atoms with E-state index in [1.165, 1.54) is 24.5 Å². The lowest BCUT2D eigenvalue weighted by Crippen LogP contribution is -2.37. The molecule has 0 saturated carbocycles. The molecule has 1 aromatic carbocycles. The Morgan fingerprint density at radius 2 is 2.12 bits per heavy atom. The number of benzene rings is 1. The Labute approximate surface area is 140 Å². The van der Waals surface area contributed by atoms with E-state index in [-0.39, 0.29) is 17.3 Å². The maximum absolute atomic E-state index is 11.5. The van der Waals surface area contributed by atoms with Gasteiger partial charge in [-0.25, -0.2) is 5.43 Å². The number of hydrogen-bond acceptors (Lipinski definition) is 6. The summed E-state index contributed by atoms with van der Waals surface area (Å²) in [6.45, 7) is 0.0619. The van der Waals surface area contributed by atoms with Crippen molar-refractivity contribution in [3.63, 3.8) is 0 Å². The number of nitrogens with zero attached hydrogens (tertiary/aromatic N) is 2. The number of amides is 2. The summed E-state index contributed by atoms with van der Waals surface area (Å²) in [6, 6.07) is 7.29. The summed E-state index contributed by atoms with van der Waals surface area (Å²) in [5.41, 5.74) is 2.06. The molecule has 2 N–H and O–H groups in total. The van der Waals surface area contributed by atoms with Crippen LogP contribution in [0.15, 0.2) is 46.1 Å². The standard InChI is InChI=1S/C14H11ClN4O5/c15-11-4-3-9(6-12(11)19(22)23)7-17-18-14(21)13(20)16-8-10-2-1-5-24-10/h1-7H,8H2,(H,16,20)(H,18,21)/b17-7-. The van der Waals surface area contributed by atoms with Crippen LogP contribution >= 0.6 is 11.6 Å². The molecule has 1 heterocycles. The van der Waals surface area contributed by atoms with Crippen molar-refractivity contribution >= 4 is 35.3 Å². The molecule has 0 bridgehead atoms. The second kappa shape index (κ2) is 7.88. The highest BCUT2D eigenvalue weighted by Gasteiger charge is 2.13. The predicted octanol–water partition coefficient (Wildman–Crippen LogP) is 1.61. The minimum Gasteiger partial charge on any atom is -0.467 e. The number of furan rings is 1. The summed E-state index contributed by atoms with van der Waals surface area (Å²) in [5, 5.41) is 16.6. The smallest absolute Gasteiger partial charge is 0.329 e. The zero-order valence-electron chi connectivity index (χ0n) is 12.1. The van der Waals surface area contributed by atoms with Crippen LogP contribution in [0.1, 0.15) is 11.3 Å². The van der Waals surface area contributed by atoms with Gasteiger partial charge in [0.25, 0.3) is 5.69 Å². The number of hydrogen-bond donors (Lipinski definition) is 2. The maximum Gasteiger partial charge on any atom is 0.329 e. The first-order valence-corrected chi connectivity index (χ1v) is 6.92. The topological polar surface area (TPSA) is 127 Å². The van der Waals surface area contributed by atoms with Gasteiger partial charge in [-0.15, -0.1) is 0 Å². The third-order valence-electron chi connectivity index (χ3n) is 2.76. The molecule has 24 heavy (non-hydrogen) atoms. The van der Waals surface area contributed by atoms with Crippen LogP contribution in [0.4, 0.5) is 5.69 Å². The quantitative estimate of drug-likeness (QED) is 0.366. The van der Waals surface area contributed by atoms with E-state index in [1.54, 1.807) is 12.1 Å². The lowest BCUT2D eigenvalue weighted by molar-refractivity contribution is -0.384. The Bertz CT molecular complexity index is 788. The molecule has 0 aliphatic carbocycles. The van der Waals surface area contributed by atoms with E-state index in [0.717, 1.165) is 6.21 Å². The minimum absolute atomic E-state index is 0.0153. The summed E-state index contributed by atoms with van der Waals surface area (Å²) in [4.78, 5) is 33.2. The van der Waals surface area contributed by atoms with E-state index in [1.807, 2.05) is 5.43 Å². The molecular formula is C14H11ClN4O5. The Hall–Kier alpha value is -3.20. The molecule has 0 saturated heterocycles. The molecule has 10 heteroatoms. The first-order valence-electron chi connectivity index (χ1n) is 6.55. The number of nitrogens with one attached hydrogen (secondary N) is 2. The van der Waals surface area contributed by atoms with Crippen molar-refractivity contribution in [3.05, 3.63) is 63.1 Å². The highest BCUT2D eigenvalue weighted by atomic mass is 35.5. The van der Waals surface area contributed by atoms with Crippen LogP contribution in [0.25, 0.3) is 0 Å². The monoisotopic (exact) mass is 350 g/mol. The molecule has 0 unspecified atom stereocenters. The van der Waals surface area contributed by atoms with Gasteiger partial charge in [-0.1, -0.05) is 17.7 Å². The molecule has 2 amide bonds. The lowest BCUT2D eigenvalue weighted by atomic mass is 10.2. The fourth-order valence-electron chi connectivity index (χ4n) is 1.63. The summed E-state index contributed by atoms with van der Waals surface area (Å²) in [6.07, 6.45) is 2.60. The summed E-state index contributed by atoms with van der Waals surface area (Å²) in [7, 11) is 0. The summed E-state index contributed by atoms with van der Waals surface area (Å²) in [5.74, 6) is -1.39. The van der Waals surface area contributed by atoms with Crippen molar-refractivity contribution in [1.29, 1.82) is 0 Å². The molecular weight excluding hydrogens is 340 g/mol. The summed E-state index contributed by atoms with van der Waals surface area (Å²) < 4.78 is 5.00. The average Bonchev–Trinajstić information content (AvgIpc) is 3.07. The van der Waals surface area contributed by atoms with Gasteiger partial charge in [0.15, 0.2) is 0 Å². The van der Waals surface area contributed by atoms with Gasteiger partial charge in [0.1, 0.15) is 10.8 Å². The second-order valence-corrected chi connectivity index (χ2v) is 4.84. The number of carbonyl (C=O) groups excluding carboxylic acids is 2. The van der Waals surface area contributed by atoms with E-state index in [0.29, 0.717) is 11.3 Å². The van der Waals surface area contributed by atoms with Gasteiger partial charge < -0.3 is 9.73 Å². The molecule has 2 rings (SSSR count). The number of halogens is 1. The van der Waals surface area contributed by atoms with E-state index in [9.17, 15) is 19.7 Å². The molecule has 0 spiro atoms. The van der Waals surface area contributed by atoms with Crippen LogP contribution in [0, 0.1) is 10.1 Å². The predicted molar refractivity (Wildman–Crippen MR) is 84.4 cm³/mol. The summed E-state index contributed by atoms with van der Waals surface area (Å²) >= 11 is 5.68. The molecule has 0 aliphatic heterocycles. The van der Waals surface area contributed by atoms with Crippen molar-refractivity contribution in [3.8, 4) is 0 Å². The number of carbonyl (C=O) groups is 2. The van der Waals surface area contributed by atoms with Gasteiger partial charge >= 0.3 is 11.8 Å². The molecule has 0 fully saturated rings. The second-order valence-electron chi connectivity index (χ2n) is 4.43. The fourth-order valence-corrected chi connectivity index (χ4v) is 1.81. The Balaban J connectivity index is 1.88. The SMILES string of the molecule is O=C(NCc1ccco1)C(=O)N/N=C\c1ccc(Cl)c([N+](=O)[O-])c1. The molecule has 0 aliphatic rings. The number of nitro groups is 1. The van der Waals surface area contributed by atoms with Crippen molar-refractivity contribution in [2.45, 2.75) is 6.54 Å². The van der Waals surface area contributed by atoms with E-state index in [2.05, 4.69) is 10.4 Å². The Morgan fingerprint density at radius 1 is 1.33 bits per heavy atom. The molecule has 9 nitrogen and oxygen atoms in total. The van der Waals surface area contributed by atoms with Crippen LogP contribution in [-0.2, 0) is 16.1 Å². The number of nitro benzene ring substituents is 1. The van der Waals surface area contributed by atoms with Crippen molar-refractivity contribution in [1.82, 2.24) is 10.7 Å². The zero-order valence-corrected chi connectivity index (χ0v) is 12.8. The molecule has 2 aromatic rings. The number of rotatable bonds is 5. The van der Waals surface area contributed by atoms with Crippen LogP contribution in [-0.4, -0.2) is 23.0 Å². The van der Waals surface area contributed by atoms with Gasteiger partial charge in [-0.2, -0.15) is 5.10 Å². The van der Waals surface area contributed by atoms with Gasteiger partial charge in [-0.05, 0) is 18.2 Å². The van der Waals surface area contributed by atoms with Gasteiger partial charge in [-0.3, -0.25) is 19.7 Å². The van der Waals surface area contributed by atoms with Gasteiger partial charge in [0.05, 0.1) is 23.9 Å². The maximum atomic E-state index is 11.5. The average molecular weight is 351 g/mol.